The molecule has 0 aliphatic carbocycles. The van der Waals surface area contributed by atoms with Gasteiger partial charge in [-0.3, -0.25) is 14.3 Å². The van der Waals surface area contributed by atoms with Gasteiger partial charge in [0.05, 0.1) is 13.2 Å². The molecule has 1 aliphatic rings. The van der Waals surface area contributed by atoms with Gasteiger partial charge in [-0.1, -0.05) is 30.3 Å². The number of benzene rings is 2. The molecule has 1 aliphatic heterocycles. The van der Waals surface area contributed by atoms with Crippen molar-refractivity contribution < 1.29 is 4.79 Å². The summed E-state index contributed by atoms with van der Waals surface area (Å²) in [5.41, 5.74) is 3.15. The van der Waals surface area contributed by atoms with E-state index in [0.717, 1.165) is 48.9 Å². The summed E-state index contributed by atoms with van der Waals surface area (Å²) in [5, 5.41) is 4.69. The van der Waals surface area contributed by atoms with Crippen molar-refractivity contribution in [2.24, 2.45) is 0 Å². The number of ketones is 1. The van der Waals surface area contributed by atoms with Crippen LogP contribution in [0.2, 0.25) is 0 Å². The Balaban J connectivity index is 1.38. The van der Waals surface area contributed by atoms with Gasteiger partial charge in [-0.25, -0.2) is 4.68 Å². The van der Waals surface area contributed by atoms with E-state index >= 15 is 0 Å². The molecule has 4 rings (SSSR count). The number of Topliss-reactive ketones (excluding diaryl/α,β-unsaturated/α-hetero) is 1. The van der Waals surface area contributed by atoms with Gasteiger partial charge in [0.1, 0.15) is 5.82 Å². The van der Waals surface area contributed by atoms with Crippen LogP contribution in [0, 0.1) is 11.7 Å². The van der Waals surface area contributed by atoms with Gasteiger partial charge in [-0.15, -0.1) is 0 Å². The number of nitrogens with zero attached hydrogens (tertiary/aromatic N) is 5. The maximum absolute atomic E-state index is 11.5. The Bertz CT molecular complexity index is 1060. The highest BCUT2D eigenvalue weighted by molar-refractivity contribution is 7.71. The van der Waals surface area contributed by atoms with Gasteiger partial charge in [0.2, 0.25) is 0 Å². The van der Waals surface area contributed by atoms with Crippen molar-refractivity contribution in [3.8, 4) is 0 Å². The number of aryl methyl sites for hydroxylation is 1. The molecule has 6 nitrogen and oxygen atoms in total. The van der Waals surface area contributed by atoms with E-state index in [9.17, 15) is 4.79 Å². The summed E-state index contributed by atoms with van der Waals surface area (Å²) in [4.78, 5) is 16.2. The second-order valence-corrected chi connectivity index (χ2v) is 8.12. The van der Waals surface area contributed by atoms with Gasteiger partial charge in [-0.05, 0) is 55.9 Å². The van der Waals surface area contributed by atoms with Crippen LogP contribution < -0.4 is 4.90 Å². The summed E-state index contributed by atoms with van der Waals surface area (Å²) < 4.78 is 4.79. The Morgan fingerprint density at radius 2 is 1.67 bits per heavy atom. The molecule has 0 spiro atoms. The lowest BCUT2D eigenvalue weighted by Crippen LogP contribution is -2.47. The molecule has 0 atom stereocenters. The lowest BCUT2D eigenvalue weighted by molar-refractivity contribution is 0.101. The highest BCUT2D eigenvalue weighted by Gasteiger charge is 2.19. The molecule has 0 bridgehead atoms. The molecule has 0 unspecified atom stereocenters. The van der Waals surface area contributed by atoms with Crippen LogP contribution in [-0.2, 0) is 13.2 Å². The monoisotopic (exact) mass is 421 g/mol. The summed E-state index contributed by atoms with van der Waals surface area (Å²) >= 11 is 5.71. The Morgan fingerprint density at radius 1 is 1.00 bits per heavy atom. The van der Waals surface area contributed by atoms with E-state index in [0.29, 0.717) is 6.67 Å². The maximum atomic E-state index is 11.5. The van der Waals surface area contributed by atoms with E-state index in [1.165, 1.54) is 11.3 Å². The number of carbonyl (C=O) groups is 1. The Hall–Kier alpha value is -2.77. The van der Waals surface area contributed by atoms with Crippen LogP contribution in [0.4, 0.5) is 5.69 Å². The van der Waals surface area contributed by atoms with Gasteiger partial charge in [0.25, 0.3) is 0 Å². The predicted octanol–water partition coefficient (Wildman–Crippen LogP) is 3.75. The number of carbonyl (C=O) groups excluding carboxylic acids is 1. The molecule has 0 radical (unpaired) electrons. The molecule has 3 aromatic rings. The number of hydrogen-bond donors (Lipinski definition) is 0. The van der Waals surface area contributed by atoms with E-state index in [-0.39, 0.29) is 5.78 Å². The summed E-state index contributed by atoms with van der Waals surface area (Å²) in [6.07, 6.45) is 0. The SMILES string of the molecule is CC(=O)c1ccc(N2CCN(Cn3nc(C)n(Cc4ccccc4)c3=S)CC2)cc1. The minimum atomic E-state index is 0.102. The van der Waals surface area contributed by atoms with E-state index in [4.69, 9.17) is 17.3 Å². The zero-order valence-corrected chi connectivity index (χ0v) is 18.3. The van der Waals surface area contributed by atoms with Gasteiger partial charge >= 0.3 is 0 Å². The fraction of sp³-hybridized carbons (Fsp3) is 0.348. The smallest absolute Gasteiger partial charge is 0.199 e. The lowest BCUT2D eigenvalue weighted by atomic mass is 10.1. The first kappa shape index (κ1) is 20.5. The molecular formula is C23H27N5OS. The topological polar surface area (TPSA) is 46.3 Å². The number of aromatic nitrogens is 3. The molecule has 156 valence electrons. The average Bonchev–Trinajstić information content (AvgIpc) is 3.02. The quantitative estimate of drug-likeness (QED) is 0.448. The van der Waals surface area contributed by atoms with Crippen molar-refractivity contribution >= 4 is 23.7 Å². The third kappa shape index (κ3) is 4.52. The van der Waals surface area contributed by atoms with Crippen molar-refractivity contribution in [2.45, 2.75) is 27.1 Å². The Morgan fingerprint density at radius 3 is 2.30 bits per heavy atom. The van der Waals surface area contributed by atoms with Crippen molar-refractivity contribution in [2.75, 3.05) is 31.1 Å². The second-order valence-electron chi connectivity index (χ2n) is 7.75. The van der Waals surface area contributed by atoms with Crippen LogP contribution in [0.5, 0.6) is 0 Å². The maximum Gasteiger partial charge on any atom is 0.199 e. The number of rotatable bonds is 6. The van der Waals surface area contributed by atoms with Crippen LogP contribution in [0.3, 0.4) is 0 Å². The molecule has 1 fully saturated rings. The summed E-state index contributed by atoms with van der Waals surface area (Å²) in [7, 11) is 0. The van der Waals surface area contributed by atoms with Crippen molar-refractivity contribution in [1.29, 1.82) is 0 Å². The molecule has 1 aromatic heterocycles. The minimum absolute atomic E-state index is 0.102. The minimum Gasteiger partial charge on any atom is -0.369 e. The van der Waals surface area contributed by atoms with Crippen LogP contribution >= 0.6 is 12.2 Å². The molecule has 0 N–H and O–H groups in total. The van der Waals surface area contributed by atoms with E-state index < -0.39 is 0 Å². The van der Waals surface area contributed by atoms with Crippen LogP contribution in [-0.4, -0.2) is 51.2 Å². The first-order chi connectivity index (χ1) is 14.5. The lowest BCUT2D eigenvalue weighted by Gasteiger charge is -2.35. The van der Waals surface area contributed by atoms with Crippen molar-refractivity contribution in [3.63, 3.8) is 0 Å². The fourth-order valence-corrected chi connectivity index (χ4v) is 4.13. The molecule has 0 amide bonds. The third-order valence-corrected chi connectivity index (χ3v) is 6.07. The van der Waals surface area contributed by atoms with Crippen molar-refractivity contribution in [3.05, 3.63) is 76.3 Å². The van der Waals surface area contributed by atoms with Gasteiger partial charge in [-0.2, -0.15) is 5.10 Å². The molecular weight excluding hydrogens is 394 g/mol. The highest BCUT2D eigenvalue weighted by Crippen LogP contribution is 2.18. The van der Waals surface area contributed by atoms with Gasteiger partial charge < -0.3 is 4.90 Å². The Labute approximate surface area is 182 Å². The van der Waals surface area contributed by atoms with E-state index in [2.05, 4.69) is 26.5 Å². The zero-order valence-electron chi connectivity index (χ0n) is 17.5. The average molecular weight is 422 g/mol. The zero-order chi connectivity index (χ0) is 21.1. The molecule has 0 saturated carbocycles. The molecule has 2 aromatic carbocycles. The largest absolute Gasteiger partial charge is 0.369 e. The first-order valence-corrected chi connectivity index (χ1v) is 10.7. The van der Waals surface area contributed by atoms with Crippen LogP contribution in [0.15, 0.2) is 54.6 Å². The molecule has 2 heterocycles. The summed E-state index contributed by atoms with van der Waals surface area (Å²) in [5.74, 6) is 1.04. The highest BCUT2D eigenvalue weighted by atomic mass is 32.1. The van der Waals surface area contributed by atoms with Gasteiger partial charge in [0, 0.05) is 37.4 Å². The van der Waals surface area contributed by atoms with Crippen molar-refractivity contribution in [1.82, 2.24) is 19.2 Å². The molecule has 30 heavy (non-hydrogen) atoms. The number of hydrogen-bond acceptors (Lipinski definition) is 5. The summed E-state index contributed by atoms with van der Waals surface area (Å²) in [6.45, 7) is 8.84. The second kappa shape index (κ2) is 8.93. The first-order valence-electron chi connectivity index (χ1n) is 10.3. The number of piperazine rings is 1. The van der Waals surface area contributed by atoms with E-state index in [1.54, 1.807) is 6.92 Å². The van der Waals surface area contributed by atoms with Crippen LogP contribution in [0.1, 0.15) is 28.7 Å². The molecule has 7 heteroatoms. The fourth-order valence-electron chi connectivity index (χ4n) is 3.83. The normalized spacial score (nSPS) is 14.8. The number of anilines is 1. The summed E-state index contributed by atoms with van der Waals surface area (Å²) in [6, 6.07) is 18.2. The van der Waals surface area contributed by atoms with Crippen LogP contribution in [0.25, 0.3) is 0 Å². The Kier molecular flexibility index (Phi) is 6.11. The third-order valence-electron chi connectivity index (χ3n) is 5.64. The predicted molar refractivity (Wildman–Crippen MR) is 122 cm³/mol. The van der Waals surface area contributed by atoms with Gasteiger partial charge in [0.15, 0.2) is 10.6 Å². The van der Waals surface area contributed by atoms with E-state index in [1.807, 2.05) is 54.1 Å². The standard InChI is InChI=1S/C23H27N5OS/c1-18(29)21-8-10-22(11-9-21)26-14-12-25(13-15-26)17-28-23(30)27(19(2)24-28)16-20-6-4-3-5-7-20/h3-11H,12-17H2,1-2H3. The molecule has 1 saturated heterocycles.